The van der Waals surface area contributed by atoms with E-state index in [-0.39, 0.29) is 36.9 Å². The zero-order valence-corrected chi connectivity index (χ0v) is 11.2. The van der Waals surface area contributed by atoms with E-state index in [0.29, 0.717) is 6.42 Å². The number of rotatable bonds is 3. The minimum absolute atomic E-state index is 0.137. The van der Waals surface area contributed by atoms with Gasteiger partial charge in [-0.25, -0.2) is 8.78 Å². The van der Waals surface area contributed by atoms with Crippen molar-refractivity contribution in [2.45, 2.75) is 32.4 Å². The van der Waals surface area contributed by atoms with Gasteiger partial charge in [0, 0.05) is 18.5 Å². The van der Waals surface area contributed by atoms with Crippen LogP contribution in [0.5, 0.6) is 0 Å². The number of hydrogen-bond acceptors (Lipinski definition) is 2. The molecule has 1 heterocycles. The maximum atomic E-state index is 13.6. The van der Waals surface area contributed by atoms with Crippen LogP contribution in [0.25, 0.3) is 0 Å². The Morgan fingerprint density at radius 1 is 1.30 bits per heavy atom. The Morgan fingerprint density at radius 2 is 1.95 bits per heavy atom. The van der Waals surface area contributed by atoms with Crippen LogP contribution < -0.4 is 5.32 Å². The summed E-state index contributed by atoms with van der Waals surface area (Å²) in [7, 11) is 0. The van der Waals surface area contributed by atoms with Crippen molar-refractivity contribution < 1.29 is 18.4 Å². The molecule has 1 aliphatic rings. The first kappa shape index (κ1) is 14.4. The van der Waals surface area contributed by atoms with E-state index in [1.54, 1.807) is 6.92 Å². The molecule has 1 aliphatic heterocycles. The lowest BCUT2D eigenvalue weighted by Gasteiger charge is -2.23. The Hall–Kier alpha value is -1.98. The second-order valence-electron chi connectivity index (χ2n) is 4.74. The number of benzene rings is 1. The van der Waals surface area contributed by atoms with Gasteiger partial charge in [-0.3, -0.25) is 9.59 Å². The minimum atomic E-state index is -0.686. The van der Waals surface area contributed by atoms with Crippen molar-refractivity contribution in [2.24, 2.45) is 0 Å². The molecule has 0 radical (unpaired) electrons. The van der Waals surface area contributed by atoms with Gasteiger partial charge >= 0.3 is 0 Å². The van der Waals surface area contributed by atoms with Crippen molar-refractivity contribution in [3.05, 3.63) is 35.4 Å². The van der Waals surface area contributed by atoms with Crippen LogP contribution in [0, 0.1) is 11.6 Å². The molecule has 0 bridgehead atoms. The zero-order chi connectivity index (χ0) is 14.7. The largest absolute Gasteiger partial charge is 0.344 e. The summed E-state index contributed by atoms with van der Waals surface area (Å²) < 4.78 is 27.3. The highest BCUT2D eigenvalue weighted by Gasteiger charge is 2.29. The molecule has 108 valence electrons. The monoisotopic (exact) mass is 282 g/mol. The fourth-order valence-corrected chi connectivity index (χ4v) is 2.20. The van der Waals surface area contributed by atoms with Crippen molar-refractivity contribution in [3.8, 4) is 0 Å². The smallest absolute Gasteiger partial charge is 0.245 e. The Morgan fingerprint density at radius 3 is 2.55 bits per heavy atom. The van der Waals surface area contributed by atoms with Gasteiger partial charge in [0.25, 0.3) is 0 Å². The van der Waals surface area contributed by atoms with E-state index in [0.717, 1.165) is 12.1 Å². The van der Waals surface area contributed by atoms with Gasteiger partial charge in [0.05, 0.1) is 6.54 Å². The molecular weight excluding hydrogens is 266 g/mol. The maximum Gasteiger partial charge on any atom is 0.245 e. The van der Waals surface area contributed by atoms with Crippen LogP contribution >= 0.6 is 0 Å². The molecule has 1 fully saturated rings. The van der Waals surface area contributed by atoms with Crippen molar-refractivity contribution in [3.63, 3.8) is 0 Å². The molecule has 1 unspecified atom stereocenters. The predicted octanol–water partition coefficient (Wildman–Crippen LogP) is 1.59. The van der Waals surface area contributed by atoms with Gasteiger partial charge in [-0.1, -0.05) is 13.0 Å². The normalized spacial score (nSPS) is 19.8. The van der Waals surface area contributed by atoms with Gasteiger partial charge in [0.1, 0.15) is 17.7 Å². The van der Waals surface area contributed by atoms with E-state index >= 15 is 0 Å². The van der Waals surface area contributed by atoms with Gasteiger partial charge < -0.3 is 10.2 Å². The van der Waals surface area contributed by atoms with Crippen LogP contribution in [0.3, 0.4) is 0 Å². The van der Waals surface area contributed by atoms with Gasteiger partial charge in [0.2, 0.25) is 11.8 Å². The van der Waals surface area contributed by atoms with E-state index in [1.807, 2.05) is 0 Å². The van der Waals surface area contributed by atoms with Crippen molar-refractivity contribution in [1.29, 1.82) is 0 Å². The number of carbonyl (C=O) groups is 2. The third-order valence-corrected chi connectivity index (χ3v) is 3.37. The van der Waals surface area contributed by atoms with E-state index in [1.165, 1.54) is 11.0 Å². The highest BCUT2D eigenvalue weighted by molar-refractivity contribution is 5.89. The van der Waals surface area contributed by atoms with Crippen molar-refractivity contribution >= 4 is 11.8 Å². The summed E-state index contributed by atoms with van der Waals surface area (Å²) in [6.45, 7) is 1.77. The highest BCUT2D eigenvalue weighted by Crippen LogP contribution is 2.17. The zero-order valence-electron chi connectivity index (χ0n) is 11.2. The molecule has 0 aromatic heterocycles. The first-order valence-electron chi connectivity index (χ1n) is 6.54. The molecule has 6 heteroatoms. The van der Waals surface area contributed by atoms with Crippen molar-refractivity contribution in [2.75, 3.05) is 6.54 Å². The third kappa shape index (κ3) is 2.95. The Balaban J connectivity index is 2.23. The molecule has 2 amide bonds. The molecule has 0 spiro atoms. The summed E-state index contributed by atoms with van der Waals surface area (Å²) in [5.41, 5.74) is -0.148. The molecule has 1 saturated heterocycles. The molecule has 0 saturated carbocycles. The van der Waals surface area contributed by atoms with Crippen LogP contribution in [0.1, 0.15) is 25.3 Å². The summed E-state index contributed by atoms with van der Waals surface area (Å²) in [4.78, 5) is 25.0. The Kier molecular flexibility index (Phi) is 4.32. The van der Waals surface area contributed by atoms with E-state index in [4.69, 9.17) is 0 Å². The highest BCUT2D eigenvalue weighted by atomic mass is 19.1. The van der Waals surface area contributed by atoms with Gasteiger partial charge in [-0.05, 0) is 18.6 Å². The van der Waals surface area contributed by atoms with E-state index in [9.17, 15) is 18.4 Å². The maximum absolute atomic E-state index is 13.6. The van der Waals surface area contributed by atoms with Crippen LogP contribution in [-0.4, -0.2) is 29.3 Å². The number of nitrogens with zero attached hydrogens (tertiary/aromatic N) is 1. The molecule has 1 aromatic carbocycles. The fraction of sp³-hybridized carbons (Fsp3) is 0.429. The van der Waals surface area contributed by atoms with Gasteiger partial charge in [-0.2, -0.15) is 0 Å². The molecule has 1 aromatic rings. The molecular formula is C14H16F2N2O2. The number of amides is 2. The minimum Gasteiger partial charge on any atom is -0.344 e. The molecule has 0 aliphatic carbocycles. The summed E-state index contributed by atoms with van der Waals surface area (Å²) in [6.07, 6.45) is 0.582. The predicted molar refractivity (Wildman–Crippen MR) is 68.6 cm³/mol. The molecule has 2 rings (SSSR count). The SMILES string of the molecule is CCC1NC(=O)CCN(Cc2c(F)cccc2F)C1=O. The third-order valence-electron chi connectivity index (χ3n) is 3.37. The molecule has 20 heavy (non-hydrogen) atoms. The topological polar surface area (TPSA) is 49.4 Å². The van der Waals surface area contributed by atoms with E-state index in [2.05, 4.69) is 5.32 Å². The Bertz CT molecular complexity index is 514. The average molecular weight is 282 g/mol. The quantitative estimate of drug-likeness (QED) is 0.915. The second-order valence-corrected chi connectivity index (χ2v) is 4.74. The second kappa shape index (κ2) is 5.98. The summed E-state index contributed by atoms with van der Waals surface area (Å²) in [5.74, 6) is -1.90. The lowest BCUT2D eigenvalue weighted by molar-refractivity contribution is -0.134. The number of hydrogen-bond donors (Lipinski definition) is 1. The lowest BCUT2D eigenvalue weighted by Crippen LogP contribution is -2.44. The number of halogens is 2. The van der Waals surface area contributed by atoms with Gasteiger partial charge in [0.15, 0.2) is 0 Å². The fourth-order valence-electron chi connectivity index (χ4n) is 2.20. The average Bonchev–Trinajstić information content (AvgIpc) is 2.55. The summed E-state index contributed by atoms with van der Waals surface area (Å²) >= 11 is 0. The number of nitrogens with one attached hydrogen (secondary N) is 1. The summed E-state index contributed by atoms with van der Waals surface area (Å²) in [6, 6.07) is 2.96. The molecule has 1 N–H and O–H groups in total. The van der Waals surface area contributed by atoms with Crippen LogP contribution in [0.2, 0.25) is 0 Å². The molecule has 4 nitrogen and oxygen atoms in total. The van der Waals surface area contributed by atoms with Crippen LogP contribution in [0.4, 0.5) is 8.78 Å². The van der Waals surface area contributed by atoms with Crippen molar-refractivity contribution in [1.82, 2.24) is 10.2 Å². The Labute approximate surface area is 115 Å². The van der Waals surface area contributed by atoms with Crippen LogP contribution in [0.15, 0.2) is 18.2 Å². The number of carbonyl (C=O) groups excluding carboxylic acids is 2. The summed E-state index contributed by atoms with van der Waals surface area (Å²) in [5, 5.41) is 2.61. The standard InChI is InChI=1S/C14H16F2N2O2/c1-2-12-14(20)18(7-6-13(19)17-12)8-9-10(15)4-3-5-11(9)16/h3-5,12H,2,6-8H2,1H3,(H,17,19). The first-order chi connectivity index (χ1) is 9.52. The van der Waals surface area contributed by atoms with Crippen LogP contribution in [-0.2, 0) is 16.1 Å². The van der Waals surface area contributed by atoms with E-state index < -0.39 is 17.7 Å². The first-order valence-corrected chi connectivity index (χ1v) is 6.54. The lowest BCUT2D eigenvalue weighted by atomic mass is 10.1. The molecule has 1 atom stereocenters. The van der Waals surface area contributed by atoms with Gasteiger partial charge in [-0.15, -0.1) is 0 Å².